The van der Waals surface area contributed by atoms with Gasteiger partial charge in [-0.25, -0.2) is 9.78 Å². The minimum absolute atomic E-state index is 0.0128. The lowest BCUT2D eigenvalue weighted by atomic mass is 9.93. The molecule has 1 amide bonds. The van der Waals surface area contributed by atoms with Crippen molar-refractivity contribution in [1.29, 1.82) is 0 Å². The van der Waals surface area contributed by atoms with Gasteiger partial charge in [-0.1, -0.05) is 11.3 Å². The number of thiazole rings is 1. The zero-order chi connectivity index (χ0) is 28.0. The van der Waals surface area contributed by atoms with E-state index in [4.69, 9.17) is 18.9 Å². The van der Waals surface area contributed by atoms with Crippen molar-refractivity contribution in [3.63, 3.8) is 0 Å². The number of carbonyl (C=O) groups is 3. The number of carbonyl (C=O) groups excluding carboxylic acids is 3. The van der Waals surface area contributed by atoms with Gasteiger partial charge in [0.25, 0.3) is 5.78 Å². The van der Waals surface area contributed by atoms with E-state index in [9.17, 15) is 19.5 Å². The number of aliphatic hydroxyl groups excluding tert-OH is 1. The average molecular weight is 551 g/mol. The number of amides is 1. The number of methoxy groups -OCH3 is 3. The third kappa shape index (κ3) is 4.38. The molecule has 10 nitrogen and oxygen atoms in total. The number of benzene rings is 2. The highest BCUT2D eigenvalue weighted by atomic mass is 32.1. The summed E-state index contributed by atoms with van der Waals surface area (Å²) in [5.74, 6) is -1.26. The zero-order valence-electron chi connectivity index (χ0n) is 21.9. The normalized spacial score (nSPS) is 19.6. The van der Waals surface area contributed by atoms with Crippen LogP contribution in [0, 0.1) is 6.92 Å². The van der Waals surface area contributed by atoms with E-state index in [0.717, 1.165) is 16.9 Å². The number of aryl methyl sites for hydroxylation is 1. The highest BCUT2D eigenvalue weighted by molar-refractivity contribution is 7.17. The van der Waals surface area contributed by atoms with E-state index < -0.39 is 23.7 Å². The van der Waals surface area contributed by atoms with Crippen molar-refractivity contribution < 1.29 is 38.4 Å². The molecule has 0 aliphatic carbocycles. The Morgan fingerprint density at radius 2 is 1.90 bits per heavy atom. The summed E-state index contributed by atoms with van der Waals surface area (Å²) in [6, 6.07) is 8.96. The number of esters is 1. The molecule has 11 heteroatoms. The second-order valence-corrected chi connectivity index (χ2v) is 10.1. The van der Waals surface area contributed by atoms with Gasteiger partial charge in [0, 0.05) is 17.5 Å². The molecule has 0 radical (unpaired) electrons. The minimum Gasteiger partial charge on any atom is -0.507 e. The van der Waals surface area contributed by atoms with Crippen LogP contribution in [-0.4, -0.2) is 55.2 Å². The summed E-state index contributed by atoms with van der Waals surface area (Å²) < 4.78 is 21.6. The Bertz CT molecular complexity index is 1540. The molecule has 0 saturated carbocycles. The number of nitrogens with zero attached hydrogens (tertiary/aromatic N) is 2. The van der Waals surface area contributed by atoms with Gasteiger partial charge in [-0.2, -0.15) is 0 Å². The lowest BCUT2D eigenvalue weighted by Crippen LogP contribution is -2.29. The molecule has 0 bridgehead atoms. The van der Waals surface area contributed by atoms with Gasteiger partial charge in [-0.3, -0.25) is 14.5 Å². The van der Waals surface area contributed by atoms with E-state index in [0.29, 0.717) is 40.5 Å². The summed E-state index contributed by atoms with van der Waals surface area (Å²) >= 11 is 0.918. The van der Waals surface area contributed by atoms with E-state index in [-0.39, 0.29) is 27.4 Å². The van der Waals surface area contributed by atoms with Crippen LogP contribution in [0.15, 0.2) is 42.0 Å². The van der Waals surface area contributed by atoms with E-state index in [2.05, 4.69) is 4.98 Å². The molecule has 5 rings (SSSR count). The summed E-state index contributed by atoms with van der Waals surface area (Å²) in [5, 5.41) is 11.7. The molecule has 3 aromatic rings. The zero-order valence-corrected chi connectivity index (χ0v) is 22.8. The van der Waals surface area contributed by atoms with Gasteiger partial charge in [-0.15, -0.1) is 0 Å². The maximum atomic E-state index is 13.6. The predicted molar refractivity (Wildman–Crippen MR) is 143 cm³/mol. The fourth-order valence-electron chi connectivity index (χ4n) is 4.87. The van der Waals surface area contributed by atoms with Crippen molar-refractivity contribution in [1.82, 2.24) is 4.98 Å². The maximum Gasteiger partial charge on any atom is 0.350 e. The first-order valence-electron chi connectivity index (χ1n) is 12.1. The van der Waals surface area contributed by atoms with Gasteiger partial charge < -0.3 is 24.1 Å². The largest absolute Gasteiger partial charge is 0.507 e. The predicted octanol–water partition coefficient (Wildman–Crippen LogP) is 4.21. The lowest BCUT2D eigenvalue weighted by Gasteiger charge is -2.25. The number of ketones is 1. The summed E-state index contributed by atoms with van der Waals surface area (Å²) in [4.78, 5) is 45.2. The van der Waals surface area contributed by atoms with Crippen molar-refractivity contribution in [3.8, 4) is 17.2 Å². The molecule has 1 fully saturated rings. The van der Waals surface area contributed by atoms with Crippen LogP contribution in [0.1, 0.15) is 45.0 Å². The van der Waals surface area contributed by atoms with Crippen LogP contribution in [-0.2, 0) is 20.7 Å². The smallest absolute Gasteiger partial charge is 0.350 e. The molecular formula is C28H26N2O8S. The Kier molecular flexibility index (Phi) is 6.77. The first-order valence-corrected chi connectivity index (χ1v) is 12.9. The number of aromatic nitrogens is 1. The molecular weight excluding hydrogens is 524 g/mol. The van der Waals surface area contributed by atoms with Crippen LogP contribution >= 0.6 is 11.3 Å². The summed E-state index contributed by atoms with van der Waals surface area (Å²) in [5.41, 5.74) is 1.83. The van der Waals surface area contributed by atoms with Crippen LogP contribution in [0.5, 0.6) is 17.2 Å². The molecule has 2 aromatic carbocycles. The van der Waals surface area contributed by atoms with Crippen LogP contribution in [0.25, 0.3) is 5.76 Å². The van der Waals surface area contributed by atoms with E-state index in [1.165, 1.54) is 26.2 Å². The molecule has 1 aromatic heterocycles. The lowest BCUT2D eigenvalue weighted by molar-refractivity contribution is -0.132. The van der Waals surface area contributed by atoms with Crippen molar-refractivity contribution >= 4 is 39.9 Å². The molecule has 3 heterocycles. The standard InChI is InChI=1S/C28H26N2O8S/c1-13-10-16-11-15(6-8-19(16)38-13)23(31)21-22(18-12-17(35-3)7-9-20(18)36-4)30(26(33)24(21)32)28-29-14(2)25(39-28)27(34)37-5/h6-9,11-13,22,31H,10H2,1-5H3. The van der Waals surface area contributed by atoms with Crippen molar-refractivity contribution in [3.05, 3.63) is 69.2 Å². The van der Waals surface area contributed by atoms with Crippen molar-refractivity contribution in [2.45, 2.75) is 32.4 Å². The molecule has 39 heavy (non-hydrogen) atoms. The third-order valence-electron chi connectivity index (χ3n) is 6.71. The number of anilines is 1. The van der Waals surface area contributed by atoms with Crippen LogP contribution in [0.2, 0.25) is 0 Å². The highest BCUT2D eigenvalue weighted by Crippen LogP contribution is 2.47. The average Bonchev–Trinajstić information content (AvgIpc) is 3.58. The van der Waals surface area contributed by atoms with Crippen molar-refractivity contribution in [2.75, 3.05) is 26.2 Å². The Hall–Kier alpha value is -4.38. The number of rotatable bonds is 6. The number of ether oxygens (including phenoxy) is 4. The minimum atomic E-state index is -1.13. The van der Waals surface area contributed by atoms with Gasteiger partial charge in [0.05, 0.1) is 32.6 Å². The van der Waals surface area contributed by atoms with Crippen LogP contribution < -0.4 is 19.1 Å². The first kappa shape index (κ1) is 26.2. The fraction of sp³-hybridized carbons (Fsp3) is 0.286. The van der Waals surface area contributed by atoms with Crippen molar-refractivity contribution in [2.24, 2.45) is 0 Å². The van der Waals surface area contributed by atoms with Gasteiger partial charge in [-0.05, 0) is 55.8 Å². The molecule has 1 saturated heterocycles. The third-order valence-corrected chi connectivity index (χ3v) is 7.84. The quantitative estimate of drug-likeness (QED) is 0.208. The van der Waals surface area contributed by atoms with Gasteiger partial charge in [0.15, 0.2) is 5.13 Å². The first-order chi connectivity index (χ1) is 18.7. The Balaban J connectivity index is 1.74. The van der Waals surface area contributed by atoms with Crippen LogP contribution in [0.3, 0.4) is 0 Å². The number of hydrogen-bond acceptors (Lipinski definition) is 10. The summed E-state index contributed by atoms with van der Waals surface area (Å²) in [6.07, 6.45) is 0.633. The second-order valence-electron chi connectivity index (χ2n) is 9.13. The fourth-order valence-corrected chi connectivity index (χ4v) is 5.88. The summed E-state index contributed by atoms with van der Waals surface area (Å²) in [7, 11) is 4.20. The Labute approximate surface area is 228 Å². The molecule has 0 spiro atoms. The van der Waals surface area contributed by atoms with E-state index in [1.54, 1.807) is 43.3 Å². The molecule has 2 unspecified atom stereocenters. The molecule has 1 N–H and O–H groups in total. The van der Waals surface area contributed by atoms with E-state index >= 15 is 0 Å². The molecule has 2 atom stereocenters. The number of Topliss-reactive ketones (excluding diaryl/α,β-unsaturated/α-hetero) is 1. The Morgan fingerprint density at radius 1 is 1.13 bits per heavy atom. The monoisotopic (exact) mass is 550 g/mol. The van der Waals surface area contributed by atoms with Gasteiger partial charge in [0.2, 0.25) is 0 Å². The SMILES string of the molecule is COC(=O)c1sc(N2C(=O)C(=O)C(=C(O)c3ccc4c(c3)CC(C)O4)C2c2cc(OC)ccc2OC)nc1C. The Morgan fingerprint density at radius 3 is 2.59 bits per heavy atom. The number of hydrogen-bond donors (Lipinski definition) is 1. The van der Waals surface area contributed by atoms with E-state index in [1.807, 2.05) is 6.92 Å². The number of aliphatic hydroxyl groups is 1. The maximum absolute atomic E-state index is 13.6. The number of fused-ring (bicyclic) bond motifs is 1. The summed E-state index contributed by atoms with van der Waals surface area (Å²) in [6.45, 7) is 3.55. The molecule has 2 aliphatic heterocycles. The van der Waals surface area contributed by atoms with Gasteiger partial charge in [0.1, 0.15) is 40.0 Å². The molecule has 2 aliphatic rings. The van der Waals surface area contributed by atoms with Gasteiger partial charge >= 0.3 is 11.9 Å². The van der Waals surface area contributed by atoms with Crippen LogP contribution in [0.4, 0.5) is 5.13 Å². The highest BCUT2D eigenvalue weighted by Gasteiger charge is 2.49. The topological polar surface area (TPSA) is 124 Å². The second kappa shape index (κ2) is 10.1. The molecule has 202 valence electrons.